The zero-order valence-corrected chi connectivity index (χ0v) is 30.2. The first-order valence-electron chi connectivity index (χ1n) is 16.9. The van der Waals surface area contributed by atoms with Crippen LogP contribution in [0.5, 0.6) is 5.75 Å². The van der Waals surface area contributed by atoms with Crippen molar-refractivity contribution in [2.75, 3.05) is 27.2 Å². The molecule has 1 rings (SSSR count). The van der Waals surface area contributed by atoms with E-state index in [1.54, 1.807) is 12.1 Å². The second-order valence-electron chi connectivity index (χ2n) is 12.4. The van der Waals surface area contributed by atoms with Gasteiger partial charge in [-0.1, -0.05) is 12.1 Å². The maximum absolute atomic E-state index is 14.1. The Hall–Kier alpha value is -5.70. The molecule has 0 saturated heterocycles. The van der Waals surface area contributed by atoms with Gasteiger partial charge < -0.3 is 69.9 Å². The third-order valence-corrected chi connectivity index (χ3v) is 8.11. The van der Waals surface area contributed by atoms with Crippen LogP contribution in [0.2, 0.25) is 0 Å². The van der Waals surface area contributed by atoms with Gasteiger partial charge in [0.1, 0.15) is 36.0 Å². The fourth-order valence-electron chi connectivity index (χ4n) is 5.24. The summed E-state index contributed by atoms with van der Waals surface area (Å²) in [4.78, 5) is 79.7. The van der Waals surface area contributed by atoms with E-state index in [2.05, 4.69) is 31.9 Å². The van der Waals surface area contributed by atoms with Crippen LogP contribution in [0.1, 0.15) is 51.0 Å². The summed E-state index contributed by atoms with van der Waals surface area (Å²) in [6, 6.07) is -0.365. The van der Waals surface area contributed by atoms with E-state index in [0.717, 1.165) is 4.90 Å². The molecule has 0 saturated carbocycles. The van der Waals surface area contributed by atoms with Crippen molar-refractivity contribution in [2.45, 2.75) is 88.2 Å². The number of aromatic hydroxyl groups is 1. The molecule has 0 aromatic heterocycles. The van der Waals surface area contributed by atoms with Gasteiger partial charge in [0.2, 0.25) is 35.4 Å². The molecule has 6 atom stereocenters. The number of amides is 6. The number of phenols is 1. The maximum Gasteiger partial charge on any atom is 0.245 e. The number of carbonyl (C=O) groups excluding carboxylic acids is 6. The van der Waals surface area contributed by atoms with E-state index in [1.807, 2.05) is 0 Å². The summed E-state index contributed by atoms with van der Waals surface area (Å²) in [6.07, 6.45) is -1.35. The molecule has 0 bridgehead atoms. The number of nitrogens with zero attached hydrogens (tertiary/aromatic N) is 1. The molecule has 0 spiro atoms. The molecule has 296 valence electrons. The number of phenolic OH excluding ortho intramolecular Hbond substituents is 1. The van der Waals surface area contributed by atoms with Gasteiger partial charge in [-0.2, -0.15) is 0 Å². The highest BCUT2D eigenvalue weighted by atomic mass is 16.3. The number of aliphatic hydroxyl groups excluding tert-OH is 1. The molecular weight excluding hydrogens is 694 g/mol. The van der Waals surface area contributed by atoms with Crippen LogP contribution < -0.4 is 54.8 Å². The van der Waals surface area contributed by atoms with Crippen LogP contribution in [0, 0.1) is 10.8 Å². The topological polar surface area (TPSA) is 370 Å². The second kappa shape index (κ2) is 23.0. The Morgan fingerprint density at radius 1 is 0.774 bits per heavy atom. The smallest absolute Gasteiger partial charge is 0.245 e. The molecule has 53 heavy (non-hydrogen) atoms. The molecule has 0 aliphatic heterocycles. The van der Waals surface area contributed by atoms with Gasteiger partial charge >= 0.3 is 0 Å². The Balaban J connectivity index is 3.40. The van der Waals surface area contributed by atoms with E-state index < -0.39 is 71.8 Å². The van der Waals surface area contributed by atoms with Crippen molar-refractivity contribution in [2.24, 2.45) is 22.9 Å². The molecule has 0 aliphatic carbocycles. The fourth-order valence-corrected chi connectivity index (χ4v) is 5.24. The second-order valence-corrected chi connectivity index (χ2v) is 12.4. The number of hydrogen-bond acceptors (Lipinski definition) is 11. The first kappa shape index (κ1) is 45.3. The van der Waals surface area contributed by atoms with Gasteiger partial charge in [0.25, 0.3) is 0 Å². The molecule has 0 heterocycles. The van der Waals surface area contributed by atoms with Gasteiger partial charge in [0.05, 0.1) is 6.10 Å². The minimum absolute atomic E-state index is 0.00435. The predicted molar refractivity (Wildman–Crippen MR) is 195 cm³/mol. The van der Waals surface area contributed by atoms with E-state index in [9.17, 15) is 39.0 Å². The normalized spacial score (nSPS) is 14.2. The van der Waals surface area contributed by atoms with Crippen molar-refractivity contribution in [3.8, 4) is 5.75 Å². The summed E-state index contributed by atoms with van der Waals surface area (Å²) < 4.78 is 0. The number of rotatable bonds is 24. The number of guanidine groups is 2. The highest BCUT2D eigenvalue weighted by Crippen LogP contribution is 2.14. The van der Waals surface area contributed by atoms with Crippen LogP contribution in [-0.4, -0.2) is 126 Å². The minimum atomic E-state index is -1.43. The Bertz CT molecular complexity index is 1430. The van der Waals surface area contributed by atoms with Crippen LogP contribution >= 0.6 is 0 Å². The van der Waals surface area contributed by atoms with Crippen LogP contribution in [0.4, 0.5) is 0 Å². The Labute approximate surface area is 307 Å². The lowest BCUT2D eigenvalue weighted by Gasteiger charge is -2.32. The molecule has 18 N–H and O–H groups in total. The van der Waals surface area contributed by atoms with Crippen molar-refractivity contribution in [1.82, 2.24) is 36.8 Å². The van der Waals surface area contributed by atoms with Crippen molar-refractivity contribution in [3.63, 3.8) is 0 Å². The summed E-state index contributed by atoms with van der Waals surface area (Å²) >= 11 is 0. The van der Waals surface area contributed by atoms with E-state index in [0.29, 0.717) is 5.56 Å². The molecule has 21 nitrogen and oxygen atoms in total. The van der Waals surface area contributed by atoms with Gasteiger partial charge in [0.15, 0.2) is 11.9 Å². The molecule has 0 unspecified atom stereocenters. The number of hydrogen-bond donors (Lipinski definition) is 14. The molecule has 0 radical (unpaired) electrons. The number of primary amides is 2. The first-order valence-corrected chi connectivity index (χ1v) is 16.9. The summed E-state index contributed by atoms with van der Waals surface area (Å²) in [5, 5.41) is 49.9. The summed E-state index contributed by atoms with van der Waals surface area (Å²) in [5.74, 6) is -5.41. The zero-order chi connectivity index (χ0) is 40.2. The van der Waals surface area contributed by atoms with Crippen molar-refractivity contribution in [1.29, 1.82) is 10.8 Å². The molecule has 1 aromatic rings. The Morgan fingerprint density at radius 2 is 1.30 bits per heavy atom. The summed E-state index contributed by atoms with van der Waals surface area (Å²) in [7, 11) is 2.74. The van der Waals surface area contributed by atoms with E-state index in [1.165, 1.54) is 33.2 Å². The van der Waals surface area contributed by atoms with Crippen molar-refractivity contribution in [3.05, 3.63) is 29.8 Å². The van der Waals surface area contributed by atoms with E-state index in [-0.39, 0.29) is 75.7 Å². The fraction of sp³-hybridized carbons (Fsp3) is 0.562. The molecule has 0 aliphatic rings. The zero-order valence-electron chi connectivity index (χ0n) is 30.2. The van der Waals surface area contributed by atoms with Crippen LogP contribution in [0.15, 0.2) is 24.3 Å². The standard InChI is InChI=1S/C32H55N13O8/c1-17(46)25(39-2)29(52)42-20(6-4-14-40-31(35)36)27(50)43-21(12-13-24(33)48)30(53)45(3)23(7-5-15-41-32(37)38)28(51)44-22(26(34)49)16-18-8-10-19(47)11-9-18/h8-11,17,20-23,25,39,46-47H,4-7,12-16H2,1-3H3,(H2,33,48)(H2,34,49)(H,42,52)(H,43,50)(H,44,51)(H4,35,36,40)(H4,37,38,41)/t17-,20+,21+,22+,23+,25+/m1/s1. The highest BCUT2D eigenvalue weighted by molar-refractivity contribution is 5.96. The van der Waals surface area contributed by atoms with Crippen molar-refractivity contribution < 1.29 is 39.0 Å². The maximum atomic E-state index is 14.1. The highest BCUT2D eigenvalue weighted by Gasteiger charge is 2.35. The monoisotopic (exact) mass is 749 g/mol. The van der Waals surface area contributed by atoms with Crippen LogP contribution in [-0.2, 0) is 35.2 Å². The third kappa shape index (κ3) is 16.9. The summed E-state index contributed by atoms with van der Waals surface area (Å²) in [5.41, 5.74) is 22.2. The SMILES string of the molecule is CN[C@H](C(=O)N[C@@H](CCCNC(=N)N)C(=O)N[C@@H](CCC(N)=O)C(=O)N(C)[C@@H](CCCNC(=N)N)C(=O)N[C@@H](Cc1ccc(O)cc1)C(N)=O)[C@@H](C)O. The minimum Gasteiger partial charge on any atom is -0.508 e. The number of benzene rings is 1. The number of nitrogens with one attached hydrogen (secondary N) is 8. The van der Waals surface area contributed by atoms with Gasteiger partial charge in [-0.3, -0.25) is 39.6 Å². The van der Waals surface area contributed by atoms with Crippen molar-refractivity contribution >= 4 is 47.4 Å². The largest absolute Gasteiger partial charge is 0.508 e. The van der Waals surface area contributed by atoms with E-state index >= 15 is 0 Å². The van der Waals surface area contributed by atoms with E-state index in [4.69, 9.17) is 33.8 Å². The Kier molecular flexibility index (Phi) is 19.7. The number of aliphatic hydroxyl groups is 1. The Morgan fingerprint density at radius 3 is 1.79 bits per heavy atom. The van der Waals surface area contributed by atoms with Gasteiger partial charge in [0, 0.05) is 33.0 Å². The average Bonchev–Trinajstić information content (AvgIpc) is 3.07. The van der Waals surface area contributed by atoms with Gasteiger partial charge in [-0.05, 0) is 63.8 Å². The number of carbonyl (C=O) groups is 6. The third-order valence-electron chi connectivity index (χ3n) is 8.11. The summed E-state index contributed by atoms with van der Waals surface area (Å²) in [6.45, 7) is 1.69. The van der Waals surface area contributed by atoms with Gasteiger partial charge in [-0.15, -0.1) is 0 Å². The lowest BCUT2D eigenvalue weighted by atomic mass is 10.0. The molecule has 6 amide bonds. The average molecular weight is 750 g/mol. The molecule has 21 heteroatoms. The lowest BCUT2D eigenvalue weighted by Crippen LogP contribution is -2.60. The molecule has 1 aromatic carbocycles. The first-order chi connectivity index (χ1) is 24.9. The lowest BCUT2D eigenvalue weighted by molar-refractivity contribution is -0.143. The quantitative estimate of drug-likeness (QED) is 0.0269. The predicted octanol–water partition coefficient (Wildman–Crippen LogP) is -4.54. The van der Waals surface area contributed by atoms with Crippen LogP contribution in [0.25, 0.3) is 0 Å². The molecule has 0 fully saturated rings. The van der Waals surface area contributed by atoms with Gasteiger partial charge in [-0.25, -0.2) is 0 Å². The van der Waals surface area contributed by atoms with Crippen LogP contribution in [0.3, 0.4) is 0 Å². The molecular formula is C32H55N13O8. The number of likely N-dealkylation sites (N-methyl/N-ethyl adjacent to an activating group) is 2. The number of nitrogens with two attached hydrogens (primary N) is 4.